The first-order valence-electron chi connectivity index (χ1n) is 12.4. The Labute approximate surface area is 204 Å². The van der Waals surface area contributed by atoms with Crippen molar-refractivity contribution in [3.05, 3.63) is 23.7 Å². The highest BCUT2D eigenvalue weighted by Crippen LogP contribution is 2.39. The van der Waals surface area contributed by atoms with Gasteiger partial charge in [0.05, 0.1) is 33.8 Å². The molecule has 182 valence electrons. The van der Waals surface area contributed by atoms with E-state index in [2.05, 4.69) is 29.5 Å². The number of nitrogens with one attached hydrogen (secondary N) is 2. The van der Waals surface area contributed by atoms with Crippen molar-refractivity contribution in [3.8, 4) is 10.6 Å². The second-order valence-corrected chi connectivity index (χ2v) is 10.9. The topological polar surface area (TPSA) is 116 Å². The van der Waals surface area contributed by atoms with Gasteiger partial charge < -0.3 is 20.8 Å². The van der Waals surface area contributed by atoms with Crippen LogP contribution in [-0.2, 0) is 6.42 Å². The molecule has 2 unspecified atom stereocenters. The highest BCUT2D eigenvalue weighted by Gasteiger charge is 2.34. The molecule has 0 spiro atoms. The second-order valence-electron chi connectivity index (χ2n) is 9.84. The minimum atomic E-state index is -0.530. The number of fused-ring (bicyclic) bond motifs is 1. The van der Waals surface area contributed by atoms with Gasteiger partial charge in [0, 0.05) is 18.8 Å². The molecule has 4 N–H and O–H groups in total. The van der Waals surface area contributed by atoms with Crippen LogP contribution in [-0.4, -0.2) is 54.9 Å². The van der Waals surface area contributed by atoms with Crippen LogP contribution in [0.1, 0.15) is 57.3 Å². The molecule has 8 nitrogen and oxygen atoms in total. The number of hydrogen-bond donors (Lipinski definition) is 4. The maximum Gasteiger partial charge on any atom is 0.225 e. The summed E-state index contributed by atoms with van der Waals surface area (Å²) in [4.78, 5) is 19.2. The number of rotatable bonds is 9. The Morgan fingerprint density at radius 2 is 2.03 bits per heavy atom. The van der Waals surface area contributed by atoms with Crippen molar-refractivity contribution in [1.29, 1.82) is 0 Å². The number of aliphatic hydroxyl groups excluding tert-OH is 2. The fraction of sp³-hybridized carbons (Fsp3) is 0.600. The fourth-order valence-corrected chi connectivity index (χ4v) is 6.03. The lowest BCUT2D eigenvalue weighted by Gasteiger charge is -2.21. The number of aryl methyl sites for hydroxylation is 2. The van der Waals surface area contributed by atoms with Crippen LogP contribution in [0.15, 0.2) is 12.3 Å². The van der Waals surface area contributed by atoms with E-state index in [4.69, 9.17) is 15.0 Å². The summed E-state index contributed by atoms with van der Waals surface area (Å²) in [5.74, 6) is 2.06. The molecule has 0 aliphatic heterocycles. The number of nitrogens with zero attached hydrogens (tertiary/aromatic N) is 4. The molecule has 2 saturated carbocycles. The second kappa shape index (κ2) is 9.71. The Morgan fingerprint density at radius 1 is 1.21 bits per heavy atom. The Bertz CT molecular complexity index is 1160. The highest BCUT2D eigenvalue weighted by atomic mass is 32.1. The van der Waals surface area contributed by atoms with Gasteiger partial charge in [-0.1, -0.05) is 13.3 Å². The van der Waals surface area contributed by atoms with Gasteiger partial charge in [-0.2, -0.15) is 4.98 Å². The predicted molar refractivity (Wildman–Crippen MR) is 136 cm³/mol. The van der Waals surface area contributed by atoms with Crippen molar-refractivity contribution in [3.63, 3.8) is 0 Å². The first-order valence-corrected chi connectivity index (χ1v) is 13.2. The van der Waals surface area contributed by atoms with E-state index in [-0.39, 0.29) is 18.6 Å². The molecular weight excluding hydrogens is 448 g/mol. The lowest BCUT2D eigenvalue weighted by Crippen LogP contribution is -2.29. The summed E-state index contributed by atoms with van der Waals surface area (Å²) in [6.07, 6.45) is 7.00. The molecular formula is C25H34N6O2S. The van der Waals surface area contributed by atoms with Gasteiger partial charge in [0.1, 0.15) is 16.3 Å². The number of hydrogen-bond acceptors (Lipinski definition) is 9. The predicted octanol–water partition coefficient (Wildman–Crippen LogP) is 4.16. The Balaban J connectivity index is 1.55. The third-order valence-corrected chi connectivity index (χ3v) is 8.10. The minimum absolute atomic E-state index is 0.0850. The molecule has 0 aromatic carbocycles. The number of aliphatic hydroxyl groups is 2. The number of pyridine rings is 1. The molecule has 3 aromatic heterocycles. The lowest BCUT2D eigenvalue weighted by atomic mass is 10.1. The normalized spacial score (nSPS) is 23.4. The van der Waals surface area contributed by atoms with Crippen molar-refractivity contribution in [2.75, 3.05) is 17.2 Å². The standard InChI is InChI=1S/C25H34N6O2S/c1-4-5-17-22-20(8-9-26-17)34-24(30-22)21-14(3)28-25(27-13(2)16-6-7-16)31-23(21)29-18-10-15(12-32)11-19(18)33/h8-9,13,15-16,18-19,32-33H,4-7,10-12H2,1-3H3,(H2,27,28,29,31)/t13-,15?,18?,19-/m1/s1. The van der Waals surface area contributed by atoms with E-state index < -0.39 is 6.10 Å². The summed E-state index contributed by atoms with van der Waals surface area (Å²) in [6.45, 7) is 6.41. The summed E-state index contributed by atoms with van der Waals surface area (Å²) >= 11 is 1.62. The van der Waals surface area contributed by atoms with Crippen LogP contribution in [0.25, 0.3) is 20.8 Å². The van der Waals surface area contributed by atoms with E-state index in [1.54, 1.807) is 11.3 Å². The molecule has 2 aliphatic rings. The smallest absolute Gasteiger partial charge is 0.225 e. The average Bonchev–Trinajstić information content (AvgIpc) is 3.48. The number of anilines is 2. The molecule has 3 aromatic rings. The maximum absolute atomic E-state index is 10.6. The van der Waals surface area contributed by atoms with Crippen LogP contribution in [0.4, 0.5) is 11.8 Å². The molecule has 0 radical (unpaired) electrons. The molecule has 4 atom stereocenters. The van der Waals surface area contributed by atoms with Crippen molar-refractivity contribution >= 4 is 33.3 Å². The van der Waals surface area contributed by atoms with Crippen LogP contribution in [0.2, 0.25) is 0 Å². The van der Waals surface area contributed by atoms with Gasteiger partial charge in [-0.25, -0.2) is 9.97 Å². The quantitative estimate of drug-likeness (QED) is 0.359. The molecule has 2 fully saturated rings. The zero-order valence-corrected chi connectivity index (χ0v) is 20.9. The lowest BCUT2D eigenvalue weighted by molar-refractivity contribution is 0.157. The van der Waals surface area contributed by atoms with Gasteiger partial charge >= 0.3 is 0 Å². The van der Waals surface area contributed by atoms with Crippen molar-refractivity contribution in [1.82, 2.24) is 19.9 Å². The zero-order valence-electron chi connectivity index (χ0n) is 20.1. The van der Waals surface area contributed by atoms with Gasteiger partial charge in [0.25, 0.3) is 0 Å². The van der Waals surface area contributed by atoms with Crippen molar-refractivity contribution in [2.45, 2.75) is 77.5 Å². The van der Waals surface area contributed by atoms with Gasteiger partial charge in [-0.3, -0.25) is 4.98 Å². The van der Waals surface area contributed by atoms with Gasteiger partial charge in [-0.15, -0.1) is 11.3 Å². The SMILES string of the molecule is CCCc1nccc2sc(-c3c(C)nc(N[C@H](C)C4CC4)nc3NC3CC(CO)C[C@H]3O)nc12. The molecule has 5 rings (SSSR count). The number of aromatic nitrogens is 4. The van der Waals surface area contributed by atoms with Crippen LogP contribution < -0.4 is 10.6 Å². The summed E-state index contributed by atoms with van der Waals surface area (Å²) in [6, 6.07) is 2.16. The summed E-state index contributed by atoms with van der Waals surface area (Å²) in [5.41, 5.74) is 3.68. The largest absolute Gasteiger partial charge is 0.396 e. The van der Waals surface area contributed by atoms with Crippen LogP contribution in [0.3, 0.4) is 0 Å². The molecule has 0 bridgehead atoms. The zero-order chi connectivity index (χ0) is 23.8. The molecule has 2 aliphatic carbocycles. The molecule has 0 amide bonds. The molecule has 34 heavy (non-hydrogen) atoms. The van der Waals surface area contributed by atoms with Crippen LogP contribution in [0, 0.1) is 18.8 Å². The Kier molecular flexibility index (Phi) is 6.68. The third-order valence-electron chi connectivity index (χ3n) is 7.07. The first kappa shape index (κ1) is 23.4. The minimum Gasteiger partial charge on any atom is -0.396 e. The summed E-state index contributed by atoms with van der Waals surface area (Å²) in [5, 5.41) is 28.1. The fourth-order valence-electron chi connectivity index (χ4n) is 4.95. The van der Waals surface area contributed by atoms with E-state index in [1.165, 1.54) is 12.8 Å². The molecule has 3 heterocycles. The van der Waals surface area contributed by atoms with E-state index in [9.17, 15) is 10.2 Å². The maximum atomic E-state index is 10.6. The van der Waals surface area contributed by atoms with E-state index in [1.807, 2.05) is 19.2 Å². The number of thiazole rings is 1. The van der Waals surface area contributed by atoms with E-state index in [0.717, 1.165) is 45.0 Å². The van der Waals surface area contributed by atoms with E-state index in [0.29, 0.717) is 36.6 Å². The third kappa shape index (κ3) is 4.74. The summed E-state index contributed by atoms with van der Waals surface area (Å²) in [7, 11) is 0. The van der Waals surface area contributed by atoms with Crippen LogP contribution >= 0.6 is 11.3 Å². The Hall–Kier alpha value is -2.36. The molecule has 9 heteroatoms. The van der Waals surface area contributed by atoms with Gasteiger partial charge in [-0.05, 0) is 63.9 Å². The van der Waals surface area contributed by atoms with Gasteiger partial charge in [0.2, 0.25) is 5.95 Å². The van der Waals surface area contributed by atoms with Crippen molar-refractivity contribution < 1.29 is 10.2 Å². The Morgan fingerprint density at radius 3 is 2.74 bits per heavy atom. The monoisotopic (exact) mass is 482 g/mol. The molecule has 0 saturated heterocycles. The van der Waals surface area contributed by atoms with Gasteiger partial charge in [0.15, 0.2) is 0 Å². The highest BCUT2D eigenvalue weighted by molar-refractivity contribution is 7.21. The average molecular weight is 483 g/mol. The van der Waals surface area contributed by atoms with E-state index >= 15 is 0 Å². The van der Waals surface area contributed by atoms with Crippen molar-refractivity contribution in [2.24, 2.45) is 11.8 Å². The summed E-state index contributed by atoms with van der Waals surface area (Å²) < 4.78 is 1.10. The first-order chi connectivity index (χ1) is 16.5. The van der Waals surface area contributed by atoms with Crippen LogP contribution in [0.5, 0.6) is 0 Å².